The van der Waals surface area contributed by atoms with Gasteiger partial charge in [-0.1, -0.05) is 68.4 Å². The van der Waals surface area contributed by atoms with E-state index in [2.05, 4.69) is 20.5 Å². The standard InChI is InChI=1S/C29H32F2N4O4/c1-19(2)22-11-7-8-12-23(22)29(27(37)34-24-14-13-20(3)33-26(24)39-28(30)31)17-35(18-29)25(36)15-32-38-16-21-9-5-4-6-10-21/h4-14,19,28,32H,15-18H2,1-3H3,(H,34,37). The van der Waals surface area contributed by atoms with Crippen molar-refractivity contribution in [1.82, 2.24) is 15.4 Å². The predicted molar refractivity (Wildman–Crippen MR) is 142 cm³/mol. The van der Waals surface area contributed by atoms with E-state index in [1.807, 2.05) is 68.4 Å². The number of hydrogen-bond donors (Lipinski definition) is 2. The first-order valence-corrected chi connectivity index (χ1v) is 12.7. The fourth-order valence-electron chi connectivity index (χ4n) is 4.63. The van der Waals surface area contributed by atoms with Crippen LogP contribution in [0.2, 0.25) is 0 Å². The number of carbonyl (C=O) groups excluding carboxylic acids is 2. The molecule has 2 aromatic carbocycles. The van der Waals surface area contributed by atoms with Crippen molar-refractivity contribution in [2.75, 3.05) is 25.0 Å². The van der Waals surface area contributed by atoms with Crippen molar-refractivity contribution in [2.24, 2.45) is 0 Å². The number of likely N-dealkylation sites (tertiary alicyclic amines) is 1. The fourth-order valence-corrected chi connectivity index (χ4v) is 4.63. The van der Waals surface area contributed by atoms with Crippen LogP contribution in [0.25, 0.3) is 0 Å². The van der Waals surface area contributed by atoms with Crippen LogP contribution in [0.4, 0.5) is 14.5 Å². The van der Waals surface area contributed by atoms with Crippen molar-refractivity contribution in [3.05, 3.63) is 89.1 Å². The van der Waals surface area contributed by atoms with Crippen LogP contribution in [0.3, 0.4) is 0 Å². The SMILES string of the molecule is Cc1ccc(NC(=O)C2(c3ccccc3C(C)C)CN(C(=O)CNOCc3ccccc3)C2)c(OC(F)F)n1. The summed E-state index contributed by atoms with van der Waals surface area (Å²) < 4.78 is 30.6. The molecule has 0 radical (unpaired) electrons. The maximum absolute atomic E-state index is 13.8. The van der Waals surface area contributed by atoms with Gasteiger partial charge in [-0.3, -0.25) is 14.4 Å². The lowest BCUT2D eigenvalue weighted by atomic mass is 9.69. The van der Waals surface area contributed by atoms with E-state index in [-0.39, 0.29) is 43.0 Å². The summed E-state index contributed by atoms with van der Waals surface area (Å²) in [5.74, 6) is -0.912. The molecule has 2 N–H and O–H groups in total. The largest absolute Gasteiger partial charge is 0.415 e. The van der Waals surface area contributed by atoms with Crippen molar-refractivity contribution in [3.63, 3.8) is 0 Å². The van der Waals surface area contributed by atoms with Gasteiger partial charge < -0.3 is 15.0 Å². The highest BCUT2D eigenvalue weighted by molar-refractivity contribution is 6.02. The number of anilines is 1. The van der Waals surface area contributed by atoms with Crippen LogP contribution in [0, 0.1) is 6.92 Å². The molecule has 0 atom stereocenters. The monoisotopic (exact) mass is 538 g/mol. The Morgan fingerprint density at radius 3 is 2.41 bits per heavy atom. The molecule has 1 aliphatic heterocycles. The Kier molecular flexibility index (Phi) is 8.88. The van der Waals surface area contributed by atoms with Crippen LogP contribution in [-0.2, 0) is 26.4 Å². The molecule has 0 aliphatic carbocycles. The molecule has 0 saturated carbocycles. The second-order valence-electron chi connectivity index (χ2n) is 9.81. The molecule has 39 heavy (non-hydrogen) atoms. The third-order valence-corrected chi connectivity index (χ3v) is 6.66. The van der Waals surface area contributed by atoms with Gasteiger partial charge in [-0.15, -0.1) is 0 Å². The minimum atomic E-state index is -3.10. The molecular formula is C29H32F2N4O4. The molecule has 1 aromatic heterocycles. The summed E-state index contributed by atoms with van der Waals surface area (Å²) in [6, 6.07) is 20.2. The minimum Gasteiger partial charge on any atom is -0.415 e. The van der Waals surface area contributed by atoms with E-state index < -0.39 is 17.9 Å². The second-order valence-corrected chi connectivity index (χ2v) is 9.81. The van der Waals surface area contributed by atoms with Crippen molar-refractivity contribution < 1.29 is 27.9 Å². The number of aromatic nitrogens is 1. The third kappa shape index (κ3) is 6.58. The molecule has 8 nitrogen and oxygen atoms in total. The summed E-state index contributed by atoms with van der Waals surface area (Å²) in [6.45, 7) is 3.06. The number of benzene rings is 2. The number of nitrogens with zero attached hydrogens (tertiary/aromatic N) is 2. The molecule has 2 amide bonds. The van der Waals surface area contributed by atoms with E-state index in [1.165, 1.54) is 6.07 Å². The van der Waals surface area contributed by atoms with Crippen molar-refractivity contribution in [2.45, 2.75) is 45.3 Å². The Balaban J connectivity index is 1.51. The molecule has 1 fully saturated rings. The summed E-state index contributed by atoms with van der Waals surface area (Å²) in [7, 11) is 0. The third-order valence-electron chi connectivity index (χ3n) is 6.66. The minimum absolute atomic E-state index is 0.0352. The zero-order valence-electron chi connectivity index (χ0n) is 22.1. The number of pyridine rings is 1. The number of amides is 2. The van der Waals surface area contributed by atoms with Crippen LogP contribution in [0.1, 0.15) is 42.1 Å². The van der Waals surface area contributed by atoms with Gasteiger partial charge in [0.2, 0.25) is 17.7 Å². The van der Waals surface area contributed by atoms with E-state index in [9.17, 15) is 18.4 Å². The number of hydroxylamine groups is 1. The van der Waals surface area contributed by atoms with E-state index >= 15 is 0 Å². The Bertz CT molecular complexity index is 1300. The topological polar surface area (TPSA) is 92.8 Å². The zero-order valence-corrected chi connectivity index (χ0v) is 22.1. The highest BCUT2D eigenvalue weighted by atomic mass is 19.3. The molecule has 0 bridgehead atoms. The number of halogens is 2. The van der Waals surface area contributed by atoms with Crippen molar-refractivity contribution in [3.8, 4) is 5.88 Å². The maximum Gasteiger partial charge on any atom is 0.388 e. The Hall–Kier alpha value is -3.89. The summed E-state index contributed by atoms with van der Waals surface area (Å²) in [4.78, 5) is 37.7. The lowest BCUT2D eigenvalue weighted by molar-refractivity contribution is -0.145. The zero-order chi connectivity index (χ0) is 28.0. The Labute approximate surface area is 226 Å². The molecule has 1 saturated heterocycles. The molecule has 10 heteroatoms. The quantitative estimate of drug-likeness (QED) is 0.275. The second kappa shape index (κ2) is 12.3. The lowest BCUT2D eigenvalue weighted by Gasteiger charge is -2.50. The number of carbonyl (C=O) groups is 2. The van der Waals surface area contributed by atoms with Crippen LogP contribution >= 0.6 is 0 Å². The van der Waals surface area contributed by atoms with E-state index in [1.54, 1.807) is 17.9 Å². The first-order valence-electron chi connectivity index (χ1n) is 12.7. The highest BCUT2D eigenvalue weighted by Gasteiger charge is 2.53. The van der Waals surface area contributed by atoms with Gasteiger partial charge in [-0.2, -0.15) is 14.3 Å². The van der Waals surface area contributed by atoms with Gasteiger partial charge in [0.15, 0.2) is 0 Å². The van der Waals surface area contributed by atoms with Crippen LogP contribution in [-0.4, -0.2) is 47.9 Å². The average molecular weight is 539 g/mol. The summed E-state index contributed by atoms with van der Waals surface area (Å²) >= 11 is 0. The molecule has 3 aromatic rings. The lowest BCUT2D eigenvalue weighted by Crippen LogP contribution is -2.67. The molecular weight excluding hydrogens is 506 g/mol. The molecule has 2 heterocycles. The van der Waals surface area contributed by atoms with Crippen LogP contribution in [0.15, 0.2) is 66.7 Å². The molecule has 4 rings (SSSR count). The van der Waals surface area contributed by atoms with Crippen LogP contribution in [0.5, 0.6) is 5.88 Å². The number of aryl methyl sites for hydroxylation is 1. The number of hydrogen-bond acceptors (Lipinski definition) is 6. The molecule has 1 aliphatic rings. The summed E-state index contributed by atoms with van der Waals surface area (Å²) in [5.41, 5.74) is 4.81. The van der Waals surface area contributed by atoms with Gasteiger partial charge in [-0.25, -0.2) is 4.98 Å². The first-order chi connectivity index (χ1) is 18.7. The molecule has 0 unspecified atom stereocenters. The number of rotatable bonds is 11. The van der Waals surface area contributed by atoms with Crippen LogP contribution < -0.4 is 15.5 Å². The van der Waals surface area contributed by atoms with Gasteiger partial charge in [0.05, 0.1) is 6.61 Å². The number of alkyl halides is 2. The normalized spacial score (nSPS) is 14.3. The van der Waals surface area contributed by atoms with Crippen molar-refractivity contribution in [1.29, 1.82) is 0 Å². The van der Waals surface area contributed by atoms with E-state index in [4.69, 9.17) is 4.84 Å². The van der Waals surface area contributed by atoms with E-state index in [0.29, 0.717) is 12.3 Å². The fraction of sp³-hybridized carbons (Fsp3) is 0.345. The molecule has 0 spiro atoms. The number of ether oxygens (including phenoxy) is 1. The number of nitrogens with one attached hydrogen (secondary N) is 2. The van der Waals surface area contributed by atoms with Crippen molar-refractivity contribution >= 4 is 17.5 Å². The Morgan fingerprint density at radius 1 is 1.03 bits per heavy atom. The molecule has 206 valence electrons. The average Bonchev–Trinajstić information content (AvgIpc) is 2.88. The van der Waals surface area contributed by atoms with Gasteiger partial charge in [-0.05, 0) is 41.7 Å². The maximum atomic E-state index is 13.8. The Morgan fingerprint density at radius 2 is 1.72 bits per heavy atom. The smallest absolute Gasteiger partial charge is 0.388 e. The van der Waals surface area contributed by atoms with Gasteiger partial charge in [0.25, 0.3) is 0 Å². The predicted octanol–water partition coefficient (Wildman–Crippen LogP) is 4.55. The van der Waals surface area contributed by atoms with Gasteiger partial charge in [0, 0.05) is 18.8 Å². The van der Waals surface area contributed by atoms with Gasteiger partial charge >= 0.3 is 6.61 Å². The van der Waals surface area contributed by atoms with E-state index in [0.717, 1.165) is 16.7 Å². The summed E-state index contributed by atoms with van der Waals surface area (Å²) in [5, 5.41) is 2.74. The highest BCUT2D eigenvalue weighted by Crippen LogP contribution is 2.40. The van der Waals surface area contributed by atoms with Gasteiger partial charge in [0.1, 0.15) is 17.6 Å². The summed E-state index contributed by atoms with van der Waals surface area (Å²) in [6.07, 6.45) is 0. The first kappa shape index (κ1) is 28.1.